The van der Waals surface area contributed by atoms with Gasteiger partial charge in [0.15, 0.2) is 0 Å². The Morgan fingerprint density at radius 2 is 1.88 bits per heavy atom. The van der Waals surface area contributed by atoms with Crippen LogP contribution < -0.4 is 5.32 Å². The molecule has 0 amide bonds. The Hall–Kier alpha value is -0.410. The Morgan fingerprint density at radius 3 is 2.50 bits per heavy atom. The van der Waals surface area contributed by atoms with Crippen LogP contribution in [0.2, 0.25) is 0 Å². The van der Waals surface area contributed by atoms with Crippen LogP contribution in [0.5, 0.6) is 0 Å². The largest absolute Gasteiger partial charge is 0.322 e. The first-order chi connectivity index (χ1) is 11.5. The molecule has 0 aliphatic carbocycles. The fourth-order valence-electron chi connectivity index (χ4n) is 1.76. The highest BCUT2D eigenvalue weighted by Gasteiger charge is 2.22. The molecule has 0 fully saturated rings. The van der Waals surface area contributed by atoms with Crippen molar-refractivity contribution >= 4 is 61.9 Å². The number of nitrogens with one attached hydrogen (secondary N) is 1. The number of aromatic nitrogens is 2. The van der Waals surface area contributed by atoms with E-state index in [4.69, 9.17) is 33.1 Å². The number of benzene rings is 1. The lowest BCUT2D eigenvalue weighted by molar-refractivity contribution is 0.281. The van der Waals surface area contributed by atoms with E-state index in [1.165, 1.54) is 28.3 Å². The third-order valence-corrected chi connectivity index (χ3v) is 9.00. The van der Waals surface area contributed by atoms with Gasteiger partial charge in [0.1, 0.15) is 9.33 Å². The van der Waals surface area contributed by atoms with Crippen LogP contribution >= 0.6 is 40.6 Å². The predicted molar refractivity (Wildman–Crippen MR) is 111 cm³/mol. The van der Waals surface area contributed by atoms with Gasteiger partial charge in [-0.15, -0.1) is 10.2 Å². The summed E-state index contributed by atoms with van der Waals surface area (Å²) in [6.07, 6.45) is 0.746. The Labute approximate surface area is 160 Å². The molecule has 0 saturated heterocycles. The van der Waals surface area contributed by atoms with Crippen LogP contribution in [-0.2, 0) is 27.3 Å². The lowest BCUT2D eigenvalue weighted by Gasteiger charge is -2.19. The minimum Gasteiger partial charge on any atom is -0.322 e. The molecule has 10 heteroatoms. The maximum absolute atomic E-state index is 5.57. The van der Waals surface area contributed by atoms with Gasteiger partial charge < -0.3 is 14.4 Å². The molecule has 1 heterocycles. The molecule has 5 nitrogen and oxygen atoms in total. The summed E-state index contributed by atoms with van der Waals surface area (Å²) in [6.45, 7) is 4.76. The second-order valence-electron chi connectivity index (χ2n) is 4.45. The number of nitrogens with zero attached hydrogens (tertiary/aromatic N) is 2. The first-order valence-electron chi connectivity index (χ1n) is 7.30. The molecule has 0 aliphatic heterocycles. The molecule has 1 aromatic heterocycles. The van der Waals surface area contributed by atoms with Gasteiger partial charge in [-0.2, -0.15) is 0 Å². The molecule has 0 unspecified atom stereocenters. The monoisotopic (exact) mass is 419 g/mol. The molecule has 0 bridgehead atoms. The molecular weight excluding hydrogens is 401 g/mol. The smallest absolute Gasteiger partial charge is 0.254 e. The number of thiocarbonyl (C=S) groups is 1. The van der Waals surface area contributed by atoms with Crippen molar-refractivity contribution in [2.45, 2.75) is 20.3 Å². The Bertz CT molecular complexity index is 701. The van der Waals surface area contributed by atoms with Crippen molar-refractivity contribution in [2.24, 2.45) is 0 Å². The standard InChI is InChI=1S/C14H18N3O2PS4/c1-3-18-20(22,19-4-2)24-14(21)15-13-17-16-12(23-13)10-11-8-6-5-7-9-11/h5-9H,3-4,10H2,1-2H3,(H,15,17,21). The quantitative estimate of drug-likeness (QED) is 0.481. The third-order valence-electron chi connectivity index (χ3n) is 2.64. The molecule has 2 rings (SSSR count). The van der Waals surface area contributed by atoms with Crippen LogP contribution in [0.25, 0.3) is 0 Å². The van der Waals surface area contributed by atoms with Gasteiger partial charge in [-0.3, -0.25) is 0 Å². The zero-order chi connectivity index (χ0) is 17.4. The van der Waals surface area contributed by atoms with Gasteiger partial charge in [-0.05, 0) is 42.6 Å². The van der Waals surface area contributed by atoms with E-state index in [9.17, 15) is 0 Å². The van der Waals surface area contributed by atoms with Crippen molar-refractivity contribution in [3.05, 3.63) is 40.9 Å². The van der Waals surface area contributed by atoms with E-state index in [0.29, 0.717) is 22.7 Å². The summed E-state index contributed by atoms with van der Waals surface area (Å²) in [6, 6.07) is 10.1. The Balaban J connectivity index is 1.93. The maximum atomic E-state index is 5.57. The van der Waals surface area contributed by atoms with E-state index in [2.05, 4.69) is 27.6 Å². The van der Waals surface area contributed by atoms with Crippen LogP contribution in [-0.4, -0.2) is 27.7 Å². The lowest BCUT2D eigenvalue weighted by atomic mass is 10.2. The third kappa shape index (κ3) is 6.48. The first-order valence-corrected chi connectivity index (χ1v) is 12.6. The Morgan fingerprint density at radius 1 is 1.21 bits per heavy atom. The normalized spacial score (nSPS) is 11.4. The number of anilines is 1. The van der Waals surface area contributed by atoms with E-state index < -0.39 is 5.69 Å². The molecule has 130 valence electrons. The summed E-state index contributed by atoms with van der Waals surface area (Å²) < 4.78 is 11.6. The number of hydrogen-bond acceptors (Lipinski definition) is 8. The predicted octanol–water partition coefficient (Wildman–Crippen LogP) is 4.86. The summed E-state index contributed by atoms with van der Waals surface area (Å²) in [5, 5.41) is 12.9. The fourth-order valence-corrected chi connectivity index (χ4v) is 8.23. The van der Waals surface area contributed by atoms with Gasteiger partial charge in [-0.25, -0.2) is 0 Å². The summed E-state index contributed by atoms with van der Waals surface area (Å²) in [4.78, 5) is 0. The van der Waals surface area contributed by atoms with E-state index in [1.54, 1.807) is 0 Å². The van der Waals surface area contributed by atoms with Gasteiger partial charge in [0.05, 0.1) is 13.2 Å². The molecule has 1 aromatic carbocycles. The topological polar surface area (TPSA) is 56.3 Å². The molecule has 0 radical (unpaired) electrons. The van der Waals surface area contributed by atoms with E-state index in [1.807, 2.05) is 32.0 Å². The molecule has 0 spiro atoms. The Kier molecular flexibility index (Phi) is 8.22. The van der Waals surface area contributed by atoms with Crippen molar-refractivity contribution in [1.29, 1.82) is 0 Å². The number of hydrogen-bond donors (Lipinski definition) is 1. The van der Waals surface area contributed by atoms with E-state index in [-0.39, 0.29) is 0 Å². The molecule has 24 heavy (non-hydrogen) atoms. The van der Waals surface area contributed by atoms with Gasteiger partial charge >= 0.3 is 0 Å². The van der Waals surface area contributed by atoms with Crippen molar-refractivity contribution in [3.8, 4) is 0 Å². The zero-order valence-electron chi connectivity index (χ0n) is 13.3. The lowest BCUT2D eigenvalue weighted by Crippen LogP contribution is -2.05. The molecule has 0 aliphatic rings. The van der Waals surface area contributed by atoms with Gasteiger partial charge in [-0.1, -0.05) is 53.9 Å². The molecule has 0 saturated carbocycles. The molecule has 1 N–H and O–H groups in total. The minimum atomic E-state index is -2.46. The minimum absolute atomic E-state index is 0.489. The van der Waals surface area contributed by atoms with Gasteiger partial charge in [0, 0.05) is 6.42 Å². The number of rotatable bonds is 8. The van der Waals surface area contributed by atoms with Crippen molar-refractivity contribution in [2.75, 3.05) is 18.5 Å². The summed E-state index contributed by atoms with van der Waals surface area (Å²) in [5.41, 5.74) is -1.26. The second-order valence-corrected chi connectivity index (χ2v) is 12.3. The zero-order valence-corrected chi connectivity index (χ0v) is 17.5. The second kappa shape index (κ2) is 9.91. The highest BCUT2D eigenvalue weighted by molar-refractivity contribution is 8.75. The summed E-state index contributed by atoms with van der Waals surface area (Å²) >= 11 is 13.5. The SMILES string of the molecule is CCOP(=S)(OCC)SC(=S)Nc1nnc(Cc2ccccc2)s1. The average Bonchev–Trinajstić information content (AvgIpc) is 2.95. The van der Waals surface area contributed by atoms with Crippen molar-refractivity contribution in [3.63, 3.8) is 0 Å². The van der Waals surface area contributed by atoms with Gasteiger partial charge in [0.25, 0.3) is 5.69 Å². The highest BCUT2D eigenvalue weighted by atomic mass is 32.9. The van der Waals surface area contributed by atoms with Crippen molar-refractivity contribution < 1.29 is 9.05 Å². The average molecular weight is 420 g/mol. The fraction of sp³-hybridized carbons (Fsp3) is 0.357. The molecule has 0 atom stereocenters. The summed E-state index contributed by atoms with van der Waals surface area (Å²) in [7, 11) is 0. The maximum Gasteiger partial charge on any atom is 0.254 e. The van der Waals surface area contributed by atoms with E-state index in [0.717, 1.165) is 11.4 Å². The van der Waals surface area contributed by atoms with Crippen LogP contribution in [0.4, 0.5) is 5.13 Å². The van der Waals surface area contributed by atoms with Crippen LogP contribution in [0.15, 0.2) is 30.3 Å². The van der Waals surface area contributed by atoms with Crippen LogP contribution in [0.3, 0.4) is 0 Å². The first kappa shape index (κ1) is 19.9. The van der Waals surface area contributed by atoms with Crippen molar-refractivity contribution in [1.82, 2.24) is 10.2 Å². The van der Waals surface area contributed by atoms with Crippen LogP contribution in [0.1, 0.15) is 24.4 Å². The van der Waals surface area contributed by atoms with Gasteiger partial charge in [0.2, 0.25) is 5.13 Å². The molecular formula is C14H18N3O2PS4. The molecule has 2 aromatic rings. The van der Waals surface area contributed by atoms with E-state index >= 15 is 0 Å². The van der Waals surface area contributed by atoms with Crippen LogP contribution in [0, 0.1) is 0 Å². The highest BCUT2D eigenvalue weighted by Crippen LogP contribution is 2.61. The summed E-state index contributed by atoms with van der Waals surface area (Å²) in [5.74, 6) is 0.